The van der Waals surface area contributed by atoms with Gasteiger partial charge in [0.05, 0.1) is 12.7 Å². The quantitative estimate of drug-likeness (QED) is 0.770. The van der Waals surface area contributed by atoms with E-state index in [1.54, 1.807) is 12.1 Å². The first-order chi connectivity index (χ1) is 12.1. The number of carbonyl (C=O) groups excluding carboxylic acids is 1. The van der Waals surface area contributed by atoms with Gasteiger partial charge in [-0.25, -0.2) is 0 Å². The van der Waals surface area contributed by atoms with E-state index >= 15 is 0 Å². The first-order valence-corrected chi connectivity index (χ1v) is 8.86. The highest BCUT2D eigenvalue weighted by Gasteiger charge is 2.31. The zero-order valence-corrected chi connectivity index (χ0v) is 15.1. The minimum absolute atomic E-state index is 0.0253. The number of hydrogen-bond acceptors (Lipinski definition) is 4. The van der Waals surface area contributed by atoms with Crippen LogP contribution < -0.4 is 5.32 Å². The van der Waals surface area contributed by atoms with E-state index in [2.05, 4.69) is 5.32 Å². The molecule has 4 nitrogen and oxygen atoms in total. The van der Waals surface area contributed by atoms with Gasteiger partial charge in [-0.05, 0) is 35.4 Å². The number of halogens is 2. The molecule has 1 aliphatic rings. The lowest BCUT2D eigenvalue weighted by atomic mass is 10.2. The molecule has 0 amide bonds. The van der Waals surface area contributed by atoms with Crippen molar-refractivity contribution in [1.29, 1.82) is 0 Å². The summed E-state index contributed by atoms with van der Waals surface area (Å²) in [6, 6.07) is 14.5. The number of nitrogens with one attached hydrogen (secondary N) is 1. The molecule has 132 valence electrons. The zero-order valence-electron chi connectivity index (χ0n) is 13.6. The van der Waals surface area contributed by atoms with Gasteiger partial charge in [-0.2, -0.15) is 0 Å². The Balaban J connectivity index is 1.43. The van der Waals surface area contributed by atoms with Gasteiger partial charge in [0, 0.05) is 23.0 Å². The summed E-state index contributed by atoms with van der Waals surface area (Å²) < 4.78 is 11.2. The topological polar surface area (TPSA) is 47.6 Å². The van der Waals surface area contributed by atoms with Gasteiger partial charge < -0.3 is 14.8 Å². The molecule has 1 heterocycles. The summed E-state index contributed by atoms with van der Waals surface area (Å²) in [5.41, 5.74) is 1.88. The average molecular weight is 380 g/mol. The second-order valence-electron chi connectivity index (χ2n) is 6.00. The van der Waals surface area contributed by atoms with E-state index in [9.17, 15) is 4.79 Å². The first kappa shape index (κ1) is 18.2. The van der Waals surface area contributed by atoms with Crippen LogP contribution in [0.25, 0.3) is 0 Å². The number of esters is 1. The van der Waals surface area contributed by atoms with Crippen molar-refractivity contribution in [2.24, 2.45) is 0 Å². The van der Waals surface area contributed by atoms with Gasteiger partial charge in [-0.15, -0.1) is 0 Å². The Morgan fingerprint density at radius 3 is 2.32 bits per heavy atom. The zero-order chi connectivity index (χ0) is 17.6. The fourth-order valence-electron chi connectivity index (χ4n) is 2.73. The van der Waals surface area contributed by atoms with Crippen molar-refractivity contribution in [3.63, 3.8) is 0 Å². The summed E-state index contributed by atoms with van der Waals surface area (Å²) in [4.78, 5) is 12.2. The summed E-state index contributed by atoms with van der Waals surface area (Å²) in [6.07, 6.45) is 0.567. The molecule has 0 unspecified atom stereocenters. The lowest BCUT2D eigenvalue weighted by molar-refractivity contribution is -0.147. The largest absolute Gasteiger partial charge is 0.460 e. The molecule has 1 fully saturated rings. The van der Waals surface area contributed by atoms with Gasteiger partial charge in [0.25, 0.3) is 0 Å². The predicted octanol–water partition coefficient (Wildman–Crippen LogP) is 3.98. The molecule has 1 saturated heterocycles. The molecular weight excluding hydrogens is 361 g/mol. The van der Waals surface area contributed by atoms with Crippen molar-refractivity contribution < 1.29 is 14.3 Å². The Bertz CT molecular complexity index is 738. The molecule has 25 heavy (non-hydrogen) atoms. The Labute approximate surface area is 157 Å². The van der Waals surface area contributed by atoms with Crippen molar-refractivity contribution in [3.05, 3.63) is 69.7 Å². The molecule has 0 bridgehead atoms. The maximum absolute atomic E-state index is 12.2. The van der Waals surface area contributed by atoms with E-state index in [4.69, 9.17) is 32.7 Å². The normalized spacial score (nSPS) is 19.8. The van der Waals surface area contributed by atoms with Gasteiger partial charge in [0.1, 0.15) is 12.6 Å². The Morgan fingerprint density at radius 1 is 1.04 bits per heavy atom. The minimum Gasteiger partial charge on any atom is -0.460 e. The highest BCUT2D eigenvalue weighted by atomic mass is 35.5. The van der Waals surface area contributed by atoms with Gasteiger partial charge in [0.15, 0.2) is 0 Å². The molecule has 1 aliphatic heterocycles. The first-order valence-electron chi connectivity index (χ1n) is 8.10. The van der Waals surface area contributed by atoms with Crippen molar-refractivity contribution in [2.45, 2.75) is 31.8 Å². The third-order valence-corrected chi connectivity index (χ3v) is 4.49. The van der Waals surface area contributed by atoms with Crippen molar-refractivity contribution in [1.82, 2.24) is 5.32 Å². The second-order valence-corrected chi connectivity index (χ2v) is 6.87. The van der Waals surface area contributed by atoms with Gasteiger partial charge in [-0.1, -0.05) is 47.5 Å². The number of benzene rings is 2. The van der Waals surface area contributed by atoms with Crippen LogP contribution in [0.4, 0.5) is 0 Å². The number of hydrogen-bond donors (Lipinski definition) is 1. The summed E-state index contributed by atoms with van der Waals surface area (Å²) >= 11 is 11.9. The van der Waals surface area contributed by atoms with E-state index in [0.29, 0.717) is 29.6 Å². The Kier molecular flexibility index (Phi) is 6.32. The number of rotatable bonds is 6. The molecule has 3 rings (SSSR count). The molecule has 0 spiro atoms. The smallest absolute Gasteiger partial charge is 0.323 e. The van der Waals surface area contributed by atoms with Gasteiger partial charge >= 0.3 is 5.97 Å². The molecule has 0 saturated carbocycles. The van der Waals surface area contributed by atoms with Crippen LogP contribution in [0.2, 0.25) is 10.0 Å². The monoisotopic (exact) mass is 379 g/mol. The van der Waals surface area contributed by atoms with Crippen LogP contribution >= 0.6 is 23.2 Å². The maximum Gasteiger partial charge on any atom is 0.323 e. The molecule has 6 heteroatoms. The molecule has 0 aromatic heterocycles. The minimum atomic E-state index is -0.344. The molecule has 0 radical (unpaired) electrons. The molecule has 0 aliphatic carbocycles. The maximum atomic E-state index is 12.2. The number of ether oxygens (including phenoxy) is 2. The van der Waals surface area contributed by atoms with Gasteiger partial charge in [-0.3, -0.25) is 4.79 Å². The molecule has 2 atom stereocenters. The van der Waals surface area contributed by atoms with Crippen LogP contribution in [0.5, 0.6) is 0 Å². The molecule has 1 N–H and O–H groups in total. The van der Waals surface area contributed by atoms with Gasteiger partial charge in [0.2, 0.25) is 0 Å². The summed E-state index contributed by atoms with van der Waals surface area (Å²) in [7, 11) is 0. The van der Waals surface area contributed by atoms with Crippen LogP contribution in [0.15, 0.2) is 48.5 Å². The highest BCUT2D eigenvalue weighted by Crippen LogP contribution is 2.17. The Hall–Kier alpha value is -1.59. The second kappa shape index (κ2) is 8.68. The van der Waals surface area contributed by atoms with E-state index in [1.807, 2.05) is 36.4 Å². The van der Waals surface area contributed by atoms with Crippen LogP contribution in [0.3, 0.4) is 0 Å². The summed E-state index contributed by atoms with van der Waals surface area (Å²) in [6.45, 7) is 1.31. The van der Waals surface area contributed by atoms with E-state index in [0.717, 1.165) is 11.1 Å². The Morgan fingerprint density at radius 2 is 1.68 bits per heavy atom. The van der Waals surface area contributed by atoms with Crippen LogP contribution in [-0.2, 0) is 27.5 Å². The molecule has 2 aromatic rings. The van der Waals surface area contributed by atoms with Crippen molar-refractivity contribution >= 4 is 29.2 Å². The van der Waals surface area contributed by atoms with E-state index < -0.39 is 0 Å². The number of carbonyl (C=O) groups is 1. The summed E-state index contributed by atoms with van der Waals surface area (Å²) in [5.74, 6) is -0.270. The van der Waals surface area contributed by atoms with Crippen molar-refractivity contribution in [2.75, 3.05) is 6.54 Å². The fraction of sp³-hybridized carbons (Fsp3) is 0.316. The van der Waals surface area contributed by atoms with Crippen LogP contribution in [0, 0.1) is 0 Å². The van der Waals surface area contributed by atoms with E-state index in [1.165, 1.54) is 0 Å². The third kappa shape index (κ3) is 5.44. The van der Waals surface area contributed by atoms with Crippen LogP contribution in [-0.4, -0.2) is 24.7 Å². The fourth-order valence-corrected chi connectivity index (χ4v) is 3.16. The lowest BCUT2D eigenvalue weighted by Crippen LogP contribution is -2.32. The van der Waals surface area contributed by atoms with Crippen molar-refractivity contribution in [3.8, 4) is 0 Å². The van der Waals surface area contributed by atoms with Crippen LogP contribution in [0.1, 0.15) is 17.5 Å². The third-order valence-electron chi connectivity index (χ3n) is 4.02. The molecular formula is C19H19Cl2NO3. The SMILES string of the molecule is O=C(OCc1cccc(Cl)c1)[C@H]1C[C@@H](OCc2cccc(Cl)c2)CN1. The summed E-state index contributed by atoms with van der Waals surface area (Å²) in [5, 5.41) is 4.47. The molecule has 2 aromatic carbocycles. The standard InChI is InChI=1S/C19H19Cl2NO3/c20-15-5-1-3-13(7-15)11-24-17-9-18(22-10-17)19(23)25-12-14-4-2-6-16(21)8-14/h1-8,17-18,22H,9-12H2/t17-,18-/m1/s1. The highest BCUT2D eigenvalue weighted by molar-refractivity contribution is 6.30. The average Bonchev–Trinajstić information content (AvgIpc) is 3.07. The predicted molar refractivity (Wildman–Crippen MR) is 97.7 cm³/mol. The lowest BCUT2D eigenvalue weighted by Gasteiger charge is -2.12. The van der Waals surface area contributed by atoms with E-state index in [-0.39, 0.29) is 24.7 Å².